The molecule has 0 radical (unpaired) electrons. The maximum atomic E-state index is 12.0. The van der Waals surface area contributed by atoms with Crippen molar-refractivity contribution in [3.63, 3.8) is 0 Å². The minimum atomic E-state index is -0.260. The smallest absolute Gasteiger partial charge is 0.169 e. The second-order valence-corrected chi connectivity index (χ2v) is 4.44. The van der Waals surface area contributed by atoms with Gasteiger partial charge in [-0.2, -0.15) is 0 Å². The number of ether oxygens (including phenoxy) is 2. The fraction of sp³-hybridized carbons (Fsp3) is 0.833. The van der Waals surface area contributed by atoms with E-state index in [0.29, 0.717) is 5.92 Å². The molecule has 1 aliphatic heterocycles. The van der Waals surface area contributed by atoms with Crippen molar-refractivity contribution < 1.29 is 14.3 Å². The lowest BCUT2D eigenvalue weighted by molar-refractivity contribution is -0.125. The first-order chi connectivity index (χ1) is 7.66. The summed E-state index contributed by atoms with van der Waals surface area (Å²) in [6, 6.07) is -0.260. The molecule has 4 heteroatoms. The van der Waals surface area contributed by atoms with Gasteiger partial charge in [-0.3, -0.25) is 4.79 Å². The molecular formula is C12H21NO3. The molecule has 0 aromatic heterocycles. The number of methoxy groups -OCH3 is 1. The molecular weight excluding hydrogens is 206 g/mol. The molecule has 1 rings (SSSR count). The number of aliphatic imine (C=N–C) groups is 1. The van der Waals surface area contributed by atoms with E-state index in [1.165, 1.54) is 6.40 Å². The molecule has 0 spiro atoms. The predicted molar refractivity (Wildman–Crippen MR) is 62.7 cm³/mol. The monoisotopic (exact) mass is 227 g/mol. The van der Waals surface area contributed by atoms with E-state index in [0.717, 1.165) is 26.1 Å². The third-order valence-electron chi connectivity index (χ3n) is 2.90. The minimum Gasteiger partial charge on any atom is -0.487 e. The second-order valence-electron chi connectivity index (χ2n) is 4.44. The molecule has 0 bridgehead atoms. The minimum absolute atomic E-state index is 0.0156. The molecule has 1 unspecified atom stereocenters. The molecule has 0 N–H and O–H groups in total. The van der Waals surface area contributed by atoms with Crippen LogP contribution >= 0.6 is 0 Å². The summed E-state index contributed by atoms with van der Waals surface area (Å²) in [5.74, 6) is 0.511. The van der Waals surface area contributed by atoms with Crippen LogP contribution in [0.4, 0.5) is 0 Å². The molecule has 1 fully saturated rings. The maximum absolute atomic E-state index is 12.0. The van der Waals surface area contributed by atoms with Gasteiger partial charge in [0.15, 0.2) is 12.2 Å². The standard InChI is InChI=1S/C12H21NO3/c1-9(2)12(14)11(13-8-15-3)10-4-6-16-7-5-10/h8-11H,4-7H2,1-3H3. The average Bonchev–Trinajstić information content (AvgIpc) is 2.30. The third-order valence-corrected chi connectivity index (χ3v) is 2.90. The lowest BCUT2D eigenvalue weighted by Crippen LogP contribution is -2.35. The fourth-order valence-electron chi connectivity index (χ4n) is 1.93. The highest BCUT2D eigenvalue weighted by Gasteiger charge is 2.30. The summed E-state index contributed by atoms with van der Waals surface area (Å²) >= 11 is 0. The summed E-state index contributed by atoms with van der Waals surface area (Å²) < 4.78 is 10.1. The zero-order valence-electron chi connectivity index (χ0n) is 10.3. The van der Waals surface area contributed by atoms with Gasteiger partial charge in [0.1, 0.15) is 6.04 Å². The number of carbonyl (C=O) groups excluding carboxylic acids is 1. The van der Waals surface area contributed by atoms with Crippen LogP contribution < -0.4 is 0 Å². The van der Waals surface area contributed by atoms with Crippen molar-refractivity contribution in [1.29, 1.82) is 0 Å². The van der Waals surface area contributed by atoms with Crippen LogP contribution in [0.15, 0.2) is 4.99 Å². The maximum Gasteiger partial charge on any atom is 0.169 e. The zero-order valence-corrected chi connectivity index (χ0v) is 10.3. The molecule has 4 nitrogen and oxygen atoms in total. The summed E-state index contributed by atoms with van der Waals surface area (Å²) in [6.45, 7) is 5.29. The van der Waals surface area contributed by atoms with Gasteiger partial charge in [-0.25, -0.2) is 4.99 Å². The Kier molecular flexibility index (Phi) is 5.46. The first-order valence-electron chi connectivity index (χ1n) is 5.82. The molecule has 92 valence electrons. The van der Waals surface area contributed by atoms with Gasteiger partial charge in [-0.1, -0.05) is 13.8 Å². The molecule has 0 aromatic carbocycles. The van der Waals surface area contributed by atoms with Crippen LogP contribution in [0, 0.1) is 11.8 Å². The van der Waals surface area contributed by atoms with Gasteiger partial charge in [0.05, 0.1) is 7.11 Å². The first kappa shape index (κ1) is 13.2. The Morgan fingerprint density at radius 2 is 2.06 bits per heavy atom. The van der Waals surface area contributed by atoms with E-state index in [2.05, 4.69) is 4.99 Å². The molecule has 1 heterocycles. The van der Waals surface area contributed by atoms with Crippen LogP contribution in [0.5, 0.6) is 0 Å². The summed E-state index contributed by atoms with van der Waals surface area (Å²) in [7, 11) is 1.55. The van der Waals surface area contributed by atoms with E-state index in [1.807, 2.05) is 13.8 Å². The summed E-state index contributed by atoms with van der Waals surface area (Å²) in [4.78, 5) is 16.3. The van der Waals surface area contributed by atoms with Crippen molar-refractivity contribution in [3.05, 3.63) is 0 Å². The van der Waals surface area contributed by atoms with Crippen LogP contribution in [-0.2, 0) is 14.3 Å². The van der Waals surface area contributed by atoms with Crippen molar-refractivity contribution in [2.45, 2.75) is 32.7 Å². The van der Waals surface area contributed by atoms with Crippen LogP contribution in [-0.4, -0.2) is 38.5 Å². The second kappa shape index (κ2) is 6.63. The van der Waals surface area contributed by atoms with Crippen molar-refractivity contribution in [3.8, 4) is 0 Å². The van der Waals surface area contributed by atoms with Crippen molar-refractivity contribution in [2.24, 2.45) is 16.8 Å². The Morgan fingerprint density at radius 3 is 2.56 bits per heavy atom. The molecule has 0 saturated carbocycles. The number of hydrogen-bond acceptors (Lipinski definition) is 4. The number of Topliss-reactive ketones (excluding diaryl/α,β-unsaturated/α-hetero) is 1. The third kappa shape index (κ3) is 3.59. The van der Waals surface area contributed by atoms with Crippen LogP contribution in [0.25, 0.3) is 0 Å². The summed E-state index contributed by atoms with van der Waals surface area (Å²) in [5, 5.41) is 0. The van der Waals surface area contributed by atoms with E-state index in [1.54, 1.807) is 7.11 Å². The normalized spacial score (nSPS) is 20.2. The highest BCUT2D eigenvalue weighted by Crippen LogP contribution is 2.23. The van der Waals surface area contributed by atoms with Crippen molar-refractivity contribution >= 4 is 12.2 Å². The van der Waals surface area contributed by atoms with E-state index in [-0.39, 0.29) is 17.7 Å². The van der Waals surface area contributed by atoms with Gasteiger partial charge in [0, 0.05) is 19.1 Å². The van der Waals surface area contributed by atoms with Crippen LogP contribution in [0.2, 0.25) is 0 Å². The highest BCUT2D eigenvalue weighted by molar-refractivity contribution is 5.87. The van der Waals surface area contributed by atoms with Gasteiger partial charge < -0.3 is 9.47 Å². The molecule has 1 saturated heterocycles. The SMILES string of the molecule is COC=NC(C(=O)C(C)C)C1CCOCC1. The Bertz CT molecular complexity index is 245. The summed E-state index contributed by atoms with van der Waals surface area (Å²) in [6.07, 6.45) is 3.19. The molecule has 0 aromatic rings. The van der Waals surface area contributed by atoms with Crippen LogP contribution in [0.1, 0.15) is 26.7 Å². The van der Waals surface area contributed by atoms with E-state index in [9.17, 15) is 4.79 Å². The largest absolute Gasteiger partial charge is 0.487 e. The van der Waals surface area contributed by atoms with Gasteiger partial charge in [-0.05, 0) is 18.8 Å². The van der Waals surface area contributed by atoms with Gasteiger partial charge in [0.2, 0.25) is 0 Å². The van der Waals surface area contributed by atoms with Crippen molar-refractivity contribution in [2.75, 3.05) is 20.3 Å². The van der Waals surface area contributed by atoms with E-state index >= 15 is 0 Å². The fourth-order valence-corrected chi connectivity index (χ4v) is 1.93. The average molecular weight is 227 g/mol. The number of ketones is 1. The van der Waals surface area contributed by atoms with Crippen molar-refractivity contribution in [1.82, 2.24) is 0 Å². The molecule has 16 heavy (non-hydrogen) atoms. The Labute approximate surface area is 97.0 Å². The van der Waals surface area contributed by atoms with E-state index in [4.69, 9.17) is 9.47 Å². The van der Waals surface area contributed by atoms with Gasteiger partial charge in [-0.15, -0.1) is 0 Å². The Hall–Kier alpha value is -0.900. The first-order valence-corrected chi connectivity index (χ1v) is 5.82. The van der Waals surface area contributed by atoms with Gasteiger partial charge >= 0.3 is 0 Å². The number of hydrogen-bond donors (Lipinski definition) is 0. The van der Waals surface area contributed by atoms with Crippen LogP contribution in [0.3, 0.4) is 0 Å². The Balaban J connectivity index is 2.68. The molecule has 1 atom stereocenters. The summed E-state index contributed by atoms with van der Waals surface area (Å²) in [5.41, 5.74) is 0. The topological polar surface area (TPSA) is 47.9 Å². The molecule has 0 aliphatic carbocycles. The number of nitrogens with zero attached hydrogens (tertiary/aromatic N) is 1. The molecule has 1 aliphatic rings. The zero-order chi connectivity index (χ0) is 12.0. The molecule has 0 amide bonds. The van der Waals surface area contributed by atoms with Gasteiger partial charge in [0.25, 0.3) is 0 Å². The Morgan fingerprint density at radius 1 is 1.44 bits per heavy atom. The van der Waals surface area contributed by atoms with E-state index < -0.39 is 0 Å². The highest BCUT2D eigenvalue weighted by atomic mass is 16.5. The number of rotatable bonds is 5. The predicted octanol–water partition coefficient (Wildman–Crippen LogP) is 1.68. The lowest BCUT2D eigenvalue weighted by Gasteiger charge is -2.27. The quantitative estimate of drug-likeness (QED) is 0.530. The number of carbonyl (C=O) groups is 1. The lowest BCUT2D eigenvalue weighted by atomic mass is 9.86.